The number of ether oxygens (including phenoxy) is 1. The highest BCUT2D eigenvalue weighted by molar-refractivity contribution is 9.10. The molecule has 2 aromatic rings. The summed E-state index contributed by atoms with van der Waals surface area (Å²) in [6, 6.07) is 12.2. The van der Waals surface area contributed by atoms with Crippen LogP contribution in [0.15, 0.2) is 46.9 Å². The Kier molecular flexibility index (Phi) is 5.29. The third kappa shape index (κ3) is 4.13. The van der Waals surface area contributed by atoms with Gasteiger partial charge in [-0.2, -0.15) is 0 Å². The van der Waals surface area contributed by atoms with Crippen molar-refractivity contribution in [1.29, 1.82) is 0 Å². The molecule has 0 fully saturated rings. The third-order valence-electron chi connectivity index (χ3n) is 2.40. The Morgan fingerprint density at radius 1 is 1.15 bits per heavy atom. The summed E-state index contributed by atoms with van der Waals surface area (Å²) in [4.78, 5) is 11.8. The smallest absolute Gasteiger partial charge is 0.262 e. The number of rotatable bonds is 4. The summed E-state index contributed by atoms with van der Waals surface area (Å²) in [5.74, 6) is 0.153. The summed E-state index contributed by atoms with van der Waals surface area (Å²) < 4.78 is 6.18. The van der Waals surface area contributed by atoms with Gasteiger partial charge < -0.3 is 10.1 Å². The van der Waals surface area contributed by atoms with E-state index in [-0.39, 0.29) is 12.5 Å². The Labute approximate surface area is 135 Å². The molecule has 0 aliphatic heterocycles. The Bertz CT molecular complexity index is 634. The predicted molar refractivity (Wildman–Crippen MR) is 84.7 cm³/mol. The van der Waals surface area contributed by atoms with Crippen molar-refractivity contribution in [3.63, 3.8) is 0 Å². The van der Waals surface area contributed by atoms with E-state index in [2.05, 4.69) is 21.2 Å². The van der Waals surface area contributed by atoms with Crippen LogP contribution in [0.25, 0.3) is 0 Å². The molecule has 0 atom stereocenters. The molecular formula is C14H10BrCl2NO2. The lowest BCUT2D eigenvalue weighted by molar-refractivity contribution is -0.118. The van der Waals surface area contributed by atoms with Crippen molar-refractivity contribution >= 4 is 50.7 Å². The molecule has 0 spiro atoms. The van der Waals surface area contributed by atoms with Crippen molar-refractivity contribution < 1.29 is 9.53 Å². The number of carbonyl (C=O) groups excluding carboxylic acids is 1. The first kappa shape index (κ1) is 15.2. The molecule has 104 valence electrons. The second kappa shape index (κ2) is 6.97. The lowest BCUT2D eigenvalue weighted by Crippen LogP contribution is -2.20. The van der Waals surface area contributed by atoms with Crippen molar-refractivity contribution in [2.24, 2.45) is 0 Å². The molecule has 0 radical (unpaired) electrons. The molecule has 6 heteroatoms. The van der Waals surface area contributed by atoms with E-state index in [1.165, 1.54) is 0 Å². The van der Waals surface area contributed by atoms with Crippen molar-refractivity contribution in [3.8, 4) is 5.75 Å². The second-order valence-electron chi connectivity index (χ2n) is 3.89. The number of anilines is 1. The van der Waals surface area contributed by atoms with E-state index in [1.807, 2.05) is 0 Å². The summed E-state index contributed by atoms with van der Waals surface area (Å²) in [5.41, 5.74) is 0.530. The molecule has 20 heavy (non-hydrogen) atoms. The van der Waals surface area contributed by atoms with Gasteiger partial charge in [0.05, 0.1) is 15.7 Å². The largest absolute Gasteiger partial charge is 0.482 e. The van der Waals surface area contributed by atoms with Gasteiger partial charge in [0.15, 0.2) is 6.61 Å². The summed E-state index contributed by atoms with van der Waals surface area (Å²) in [6.07, 6.45) is 0. The zero-order chi connectivity index (χ0) is 14.5. The van der Waals surface area contributed by atoms with Gasteiger partial charge in [0.2, 0.25) is 0 Å². The van der Waals surface area contributed by atoms with Crippen molar-refractivity contribution in [2.45, 2.75) is 0 Å². The summed E-state index contributed by atoms with van der Waals surface area (Å²) in [6.45, 7) is -0.143. The fraction of sp³-hybridized carbons (Fsp3) is 0.0714. The Morgan fingerprint density at radius 3 is 2.60 bits per heavy atom. The minimum Gasteiger partial charge on any atom is -0.482 e. The number of halogens is 3. The fourth-order valence-electron chi connectivity index (χ4n) is 1.48. The molecular weight excluding hydrogens is 365 g/mol. The van der Waals surface area contributed by atoms with Crippen LogP contribution in [0, 0.1) is 0 Å². The first-order chi connectivity index (χ1) is 9.56. The minimum absolute atomic E-state index is 0.143. The summed E-state index contributed by atoms with van der Waals surface area (Å²) >= 11 is 15.2. The van der Waals surface area contributed by atoms with Gasteiger partial charge in [-0.1, -0.05) is 51.3 Å². The van der Waals surface area contributed by atoms with Gasteiger partial charge in [0, 0.05) is 4.47 Å². The Hall–Kier alpha value is -1.23. The molecule has 0 saturated heterocycles. The highest BCUT2D eigenvalue weighted by atomic mass is 79.9. The molecule has 2 aromatic carbocycles. The highest BCUT2D eigenvalue weighted by Crippen LogP contribution is 2.26. The number of benzene rings is 2. The molecule has 1 N–H and O–H groups in total. The average Bonchev–Trinajstić information content (AvgIpc) is 2.41. The standard InChI is InChI=1S/C14H10BrCl2NO2/c15-9-5-6-12(11(17)7-9)18-14(19)8-20-13-4-2-1-3-10(13)16/h1-7H,8H2,(H,18,19). The summed E-state index contributed by atoms with van der Waals surface area (Å²) in [5, 5.41) is 3.58. The van der Waals surface area contributed by atoms with Crippen LogP contribution >= 0.6 is 39.1 Å². The Balaban J connectivity index is 1.94. The zero-order valence-electron chi connectivity index (χ0n) is 10.2. The van der Waals surface area contributed by atoms with Gasteiger partial charge in [-0.25, -0.2) is 0 Å². The van der Waals surface area contributed by atoms with Crippen LogP contribution in [0.3, 0.4) is 0 Å². The molecule has 0 aliphatic carbocycles. The van der Waals surface area contributed by atoms with Gasteiger partial charge in [-0.3, -0.25) is 4.79 Å². The Morgan fingerprint density at radius 2 is 1.90 bits per heavy atom. The predicted octanol–water partition coefficient (Wildman–Crippen LogP) is 4.77. The van der Waals surface area contributed by atoms with E-state index in [1.54, 1.807) is 42.5 Å². The van der Waals surface area contributed by atoms with Crippen molar-refractivity contribution in [1.82, 2.24) is 0 Å². The van der Waals surface area contributed by atoms with Gasteiger partial charge >= 0.3 is 0 Å². The van der Waals surface area contributed by atoms with E-state index in [4.69, 9.17) is 27.9 Å². The fourth-order valence-corrected chi connectivity index (χ4v) is 2.39. The maximum atomic E-state index is 11.8. The van der Waals surface area contributed by atoms with Crippen molar-refractivity contribution in [3.05, 3.63) is 57.0 Å². The molecule has 0 aromatic heterocycles. The van der Waals surface area contributed by atoms with Gasteiger partial charge in [0.1, 0.15) is 5.75 Å². The molecule has 0 saturated carbocycles. The molecule has 0 heterocycles. The molecule has 0 bridgehead atoms. The van der Waals surface area contributed by atoms with Crippen LogP contribution in [-0.4, -0.2) is 12.5 Å². The lowest BCUT2D eigenvalue weighted by atomic mass is 10.3. The van der Waals surface area contributed by atoms with Crippen LogP contribution in [0.5, 0.6) is 5.75 Å². The topological polar surface area (TPSA) is 38.3 Å². The van der Waals surface area contributed by atoms with Crippen LogP contribution in [0.4, 0.5) is 5.69 Å². The van der Waals surface area contributed by atoms with Crippen LogP contribution < -0.4 is 10.1 Å². The van der Waals surface area contributed by atoms with Gasteiger partial charge in [-0.05, 0) is 30.3 Å². The first-order valence-corrected chi connectivity index (χ1v) is 7.23. The molecule has 1 amide bonds. The van der Waals surface area contributed by atoms with Crippen molar-refractivity contribution in [2.75, 3.05) is 11.9 Å². The third-order valence-corrected chi connectivity index (χ3v) is 3.52. The number of hydrogen-bond donors (Lipinski definition) is 1. The van der Waals surface area contributed by atoms with E-state index in [9.17, 15) is 4.79 Å². The van der Waals surface area contributed by atoms with E-state index in [0.29, 0.717) is 21.5 Å². The maximum Gasteiger partial charge on any atom is 0.262 e. The second-order valence-corrected chi connectivity index (χ2v) is 5.62. The minimum atomic E-state index is -0.311. The van der Waals surface area contributed by atoms with E-state index >= 15 is 0 Å². The zero-order valence-corrected chi connectivity index (χ0v) is 13.3. The van der Waals surface area contributed by atoms with Crippen LogP contribution in [0.2, 0.25) is 10.0 Å². The first-order valence-electron chi connectivity index (χ1n) is 5.68. The van der Waals surface area contributed by atoms with Gasteiger partial charge in [-0.15, -0.1) is 0 Å². The monoisotopic (exact) mass is 373 g/mol. The number of para-hydroxylation sites is 1. The van der Waals surface area contributed by atoms with E-state index < -0.39 is 0 Å². The number of amides is 1. The SMILES string of the molecule is O=C(COc1ccccc1Cl)Nc1ccc(Br)cc1Cl. The molecule has 2 rings (SSSR count). The average molecular weight is 375 g/mol. The highest BCUT2D eigenvalue weighted by Gasteiger charge is 2.08. The normalized spacial score (nSPS) is 10.2. The molecule has 0 aliphatic rings. The quantitative estimate of drug-likeness (QED) is 0.836. The maximum absolute atomic E-state index is 11.8. The van der Waals surface area contributed by atoms with Gasteiger partial charge in [0.25, 0.3) is 5.91 Å². The summed E-state index contributed by atoms with van der Waals surface area (Å²) in [7, 11) is 0. The van der Waals surface area contributed by atoms with Crippen LogP contribution in [-0.2, 0) is 4.79 Å². The number of carbonyl (C=O) groups is 1. The number of nitrogens with one attached hydrogen (secondary N) is 1. The molecule has 0 unspecified atom stereocenters. The molecule has 3 nitrogen and oxygen atoms in total. The van der Waals surface area contributed by atoms with E-state index in [0.717, 1.165) is 4.47 Å². The number of hydrogen-bond acceptors (Lipinski definition) is 2. The lowest BCUT2D eigenvalue weighted by Gasteiger charge is -2.09. The van der Waals surface area contributed by atoms with Crippen LogP contribution in [0.1, 0.15) is 0 Å².